The third-order valence-electron chi connectivity index (χ3n) is 8.95. The van der Waals surface area contributed by atoms with E-state index in [0.29, 0.717) is 0 Å². The van der Waals surface area contributed by atoms with Crippen molar-refractivity contribution in [1.29, 1.82) is 0 Å². The predicted octanol–water partition coefficient (Wildman–Crippen LogP) is 11.8. The second-order valence-electron chi connectivity index (χ2n) is 13.9. The SMILES string of the molecule is CC(=O)C(=Cc1ccccc1)C(=O)C=Cc1ccccc1.CC(=O)C(=Cc1ccccc1)C(=O)C=Cc1ccccc1.CC(=O)C(=Cc1ccccc1)C(=O)C=Cc1ccccc1.[Pd].[Pd]. The molecule has 332 valence electrons. The average Bonchev–Trinajstić information content (AvgIpc) is 3.31. The molecule has 0 radical (unpaired) electrons. The molecule has 0 aliphatic carbocycles. The van der Waals surface area contributed by atoms with E-state index < -0.39 is 0 Å². The van der Waals surface area contributed by atoms with Gasteiger partial charge < -0.3 is 0 Å². The first-order chi connectivity index (χ1) is 30.5. The second-order valence-corrected chi connectivity index (χ2v) is 13.9. The van der Waals surface area contributed by atoms with Crippen LogP contribution in [0.25, 0.3) is 36.5 Å². The van der Waals surface area contributed by atoms with E-state index in [1.807, 2.05) is 182 Å². The number of rotatable bonds is 15. The number of ketones is 6. The van der Waals surface area contributed by atoms with Crippen molar-refractivity contribution in [2.24, 2.45) is 0 Å². The zero-order valence-corrected chi connectivity index (χ0v) is 39.2. The summed E-state index contributed by atoms with van der Waals surface area (Å²) in [5.41, 5.74) is 5.85. The van der Waals surface area contributed by atoms with E-state index in [2.05, 4.69) is 0 Å². The zero-order chi connectivity index (χ0) is 45.2. The van der Waals surface area contributed by atoms with Gasteiger partial charge >= 0.3 is 0 Å². The maximum atomic E-state index is 12.2. The number of Topliss-reactive ketones (excluding diaryl/α,β-unsaturated/α-hetero) is 3. The number of carbonyl (C=O) groups excluding carboxylic acids is 6. The maximum absolute atomic E-state index is 12.2. The normalized spacial score (nSPS) is 11.2. The van der Waals surface area contributed by atoms with Gasteiger partial charge in [0.05, 0.1) is 16.7 Å². The van der Waals surface area contributed by atoms with E-state index in [1.54, 1.807) is 36.5 Å². The fourth-order valence-electron chi connectivity index (χ4n) is 5.66. The summed E-state index contributed by atoms with van der Waals surface area (Å²) in [5, 5.41) is 0. The van der Waals surface area contributed by atoms with Crippen LogP contribution in [0.3, 0.4) is 0 Å². The molecular weight excluding hydrogens is 993 g/mol. The van der Waals surface area contributed by atoms with Crippen LogP contribution in [0, 0.1) is 0 Å². The van der Waals surface area contributed by atoms with Crippen LogP contribution in [0.15, 0.2) is 217 Å². The van der Waals surface area contributed by atoms with E-state index in [4.69, 9.17) is 0 Å². The van der Waals surface area contributed by atoms with Crippen LogP contribution in [0.5, 0.6) is 0 Å². The third kappa shape index (κ3) is 20.4. The van der Waals surface area contributed by atoms with Gasteiger partial charge in [0.2, 0.25) is 0 Å². The van der Waals surface area contributed by atoms with Crippen molar-refractivity contribution in [2.75, 3.05) is 0 Å². The number of benzene rings is 6. The predicted molar refractivity (Wildman–Crippen MR) is 257 cm³/mol. The molecule has 0 saturated heterocycles. The van der Waals surface area contributed by atoms with E-state index >= 15 is 0 Å². The van der Waals surface area contributed by atoms with Crippen molar-refractivity contribution >= 4 is 71.2 Å². The summed E-state index contributed by atoms with van der Waals surface area (Å²) in [6, 6.07) is 56.6. The van der Waals surface area contributed by atoms with Gasteiger partial charge in [0.1, 0.15) is 0 Å². The van der Waals surface area contributed by atoms with Gasteiger partial charge in [-0.25, -0.2) is 0 Å². The molecule has 0 atom stereocenters. The molecule has 0 bridgehead atoms. The molecule has 65 heavy (non-hydrogen) atoms. The van der Waals surface area contributed by atoms with Crippen LogP contribution in [0.4, 0.5) is 0 Å². The van der Waals surface area contributed by atoms with Gasteiger partial charge in [-0.15, -0.1) is 0 Å². The summed E-state index contributed by atoms with van der Waals surface area (Å²) in [7, 11) is 0. The van der Waals surface area contributed by atoms with Gasteiger partial charge in [0, 0.05) is 40.8 Å². The van der Waals surface area contributed by atoms with Gasteiger partial charge in [-0.05, 0) is 90.6 Å². The molecule has 6 nitrogen and oxygen atoms in total. The number of hydrogen-bond acceptors (Lipinski definition) is 6. The minimum absolute atomic E-state index is 0. The standard InChI is InChI=1S/3C19H16O2.2Pd/c3*1-15(20)18(14-17-10-6-3-7-11-17)19(21)13-12-16-8-4-2-5-9-16;;/h3*2-14H,1H3;;. The summed E-state index contributed by atoms with van der Waals surface area (Å²) in [6.07, 6.45) is 14.3. The molecule has 6 aromatic rings. The fourth-order valence-corrected chi connectivity index (χ4v) is 5.66. The third-order valence-corrected chi connectivity index (χ3v) is 8.95. The Morgan fingerprint density at radius 2 is 0.446 bits per heavy atom. The Kier molecular flexibility index (Phi) is 25.2. The Labute approximate surface area is 409 Å². The molecular formula is C57H48O6Pd2. The topological polar surface area (TPSA) is 102 Å². The van der Waals surface area contributed by atoms with Gasteiger partial charge in [0.15, 0.2) is 34.7 Å². The number of allylic oxidation sites excluding steroid dienone is 6. The molecule has 0 spiro atoms. The molecule has 0 fully saturated rings. The molecule has 0 saturated carbocycles. The van der Waals surface area contributed by atoms with E-state index in [1.165, 1.54) is 39.0 Å². The monoisotopic (exact) mass is 1040 g/mol. The molecule has 0 aliphatic rings. The maximum Gasteiger partial charge on any atom is 0.189 e. The van der Waals surface area contributed by atoms with Crippen LogP contribution in [-0.4, -0.2) is 34.7 Å². The first kappa shape index (κ1) is 54.2. The van der Waals surface area contributed by atoms with Crippen molar-refractivity contribution < 1.29 is 69.6 Å². The van der Waals surface area contributed by atoms with Gasteiger partial charge in [0.25, 0.3) is 0 Å². The van der Waals surface area contributed by atoms with Crippen LogP contribution < -0.4 is 0 Å². The molecule has 0 N–H and O–H groups in total. The largest absolute Gasteiger partial charge is 0.294 e. The minimum Gasteiger partial charge on any atom is -0.294 e. The first-order valence-electron chi connectivity index (χ1n) is 20.2. The van der Waals surface area contributed by atoms with E-state index in [-0.39, 0.29) is 92.3 Å². The van der Waals surface area contributed by atoms with Crippen LogP contribution in [0.2, 0.25) is 0 Å². The fraction of sp³-hybridized carbons (Fsp3) is 0.0526. The van der Waals surface area contributed by atoms with Crippen molar-refractivity contribution in [1.82, 2.24) is 0 Å². The van der Waals surface area contributed by atoms with Gasteiger partial charge in [-0.3, -0.25) is 28.8 Å². The van der Waals surface area contributed by atoms with E-state index in [0.717, 1.165) is 33.4 Å². The van der Waals surface area contributed by atoms with Crippen LogP contribution in [-0.2, 0) is 69.6 Å². The second kappa shape index (κ2) is 30.2. The Morgan fingerprint density at radius 3 is 0.615 bits per heavy atom. The van der Waals surface area contributed by atoms with Gasteiger partial charge in [-0.2, -0.15) is 0 Å². The Balaban J connectivity index is 0.000000330. The first-order valence-corrected chi connectivity index (χ1v) is 20.2. The quantitative estimate of drug-likeness (QED) is 0.0439. The van der Waals surface area contributed by atoms with Crippen LogP contribution >= 0.6 is 0 Å². The van der Waals surface area contributed by atoms with Gasteiger partial charge in [-0.1, -0.05) is 200 Å². The van der Waals surface area contributed by atoms with Crippen LogP contribution in [0.1, 0.15) is 54.2 Å². The van der Waals surface area contributed by atoms with Crippen molar-refractivity contribution in [3.8, 4) is 0 Å². The summed E-state index contributed by atoms with van der Waals surface area (Å²) in [6.45, 7) is 4.22. The summed E-state index contributed by atoms with van der Waals surface area (Å²) in [5.74, 6) is -1.55. The Morgan fingerprint density at radius 1 is 0.277 bits per heavy atom. The summed E-state index contributed by atoms with van der Waals surface area (Å²) in [4.78, 5) is 71.6. The Hall–Kier alpha value is -6.90. The minimum atomic E-state index is -0.282. The van der Waals surface area contributed by atoms with E-state index in [9.17, 15) is 28.8 Å². The molecule has 0 amide bonds. The average molecular weight is 1040 g/mol. The Bertz CT molecular complexity index is 2350. The number of carbonyl (C=O) groups is 6. The molecule has 0 aliphatic heterocycles. The zero-order valence-electron chi connectivity index (χ0n) is 36.1. The molecule has 0 aromatic heterocycles. The van der Waals surface area contributed by atoms with Crippen molar-refractivity contribution in [3.63, 3.8) is 0 Å². The molecule has 6 rings (SSSR count). The molecule has 8 heteroatoms. The van der Waals surface area contributed by atoms with Crippen molar-refractivity contribution in [2.45, 2.75) is 20.8 Å². The molecule has 6 aromatic carbocycles. The summed E-state index contributed by atoms with van der Waals surface area (Å²) < 4.78 is 0. The smallest absolute Gasteiger partial charge is 0.189 e. The number of hydrogen-bond donors (Lipinski definition) is 0. The molecule has 0 heterocycles. The summed E-state index contributed by atoms with van der Waals surface area (Å²) >= 11 is 0. The molecule has 0 unspecified atom stereocenters. The van der Waals surface area contributed by atoms with Crippen molar-refractivity contribution in [3.05, 3.63) is 250 Å².